The van der Waals surface area contributed by atoms with Gasteiger partial charge in [-0.05, 0) is 23.3 Å². The number of carboxylic acid groups (broad SMARTS) is 1. The molecule has 84 valence electrons. The first kappa shape index (κ1) is 10.9. The zero-order valence-corrected chi connectivity index (χ0v) is 9.47. The first-order valence-electron chi connectivity index (χ1n) is 5.43. The Labute approximate surface area is 94.1 Å². The summed E-state index contributed by atoms with van der Waals surface area (Å²) < 4.78 is 0. The highest BCUT2D eigenvalue weighted by Crippen LogP contribution is 2.28. The average molecular weight is 217 g/mol. The molecule has 2 rings (SSSR count). The summed E-state index contributed by atoms with van der Waals surface area (Å²) in [7, 11) is 0. The van der Waals surface area contributed by atoms with Crippen LogP contribution in [0.1, 0.15) is 20.3 Å². The molecule has 1 aliphatic heterocycles. The fourth-order valence-electron chi connectivity index (χ4n) is 2.07. The highest BCUT2D eigenvalue weighted by atomic mass is 16.4. The van der Waals surface area contributed by atoms with Gasteiger partial charge in [-0.15, -0.1) is 0 Å². The van der Waals surface area contributed by atoms with Crippen LogP contribution >= 0.6 is 0 Å². The second-order valence-corrected chi connectivity index (χ2v) is 4.53. The van der Waals surface area contributed by atoms with Gasteiger partial charge in [0, 0.05) is 0 Å². The van der Waals surface area contributed by atoms with Crippen molar-refractivity contribution in [2.24, 2.45) is 10.9 Å². The van der Waals surface area contributed by atoms with E-state index in [1.807, 2.05) is 44.2 Å². The maximum atomic E-state index is 10.9. The molecule has 1 atom stereocenters. The summed E-state index contributed by atoms with van der Waals surface area (Å²) in [5, 5.41) is 10.9. The fraction of sp³-hybridized carbons (Fsp3) is 0.385. The van der Waals surface area contributed by atoms with E-state index in [1.54, 1.807) is 0 Å². The van der Waals surface area contributed by atoms with Crippen molar-refractivity contribution < 1.29 is 9.90 Å². The lowest BCUT2D eigenvalue weighted by atomic mass is 9.84. The van der Waals surface area contributed by atoms with E-state index in [1.165, 1.54) is 0 Å². The van der Waals surface area contributed by atoms with Gasteiger partial charge in [-0.2, -0.15) is 0 Å². The Balaban J connectivity index is 2.55. The first-order valence-corrected chi connectivity index (χ1v) is 5.43. The van der Waals surface area contributed by atoms with Gasteiger partial charge in [-0.1, -0.05) is 32.0 Å². The molecule has 1 unspecified atom stereocenters. The number of hydrogen-bond donors (Lipinski definition) is 1. The lowest BCUT2D eigenvalue weighted by Gasteiger charge is -2.26. The summed E-state index contributed by atoms with van der Waals surface area (Å²) in [4.78, 5) is 15.5. The van der Waals surface area contributed by atoms with Gasteiger partial charge in [0.15, 0.2) is 0 Å². The molecule has 0 fully saturated rings. The predicted octanol–water partition coefficient (Wildman–Crippen LogP) is 0.970. The number of nitrogens with zero attached hydrogens (tertiary/aromatic N) is 1. The Morgan fingerprint density at radius 3 is 2.69 bits per heavy atom. The molecule has 0 saturated heterocycles. The van der Waals surface area contributed by atoms with Crippen LogP contribution in [0.25, 0.3) is 6.08 Å². The topological polar surface area (TPSA) is 49.7 Å². The van der Waals surface area contributed by atoms with Crippen molar-refractivity contribution in [2.45, 2.75) is 25.8 Å². The minimum absolute atomic E-state index is 0.0549. The van der Waals surface area contributed by atoms with Gasteiger partial charge in [0.1, 0.15) is 0 Å². The van der Waals surface area contributed by atoms with Gasteiger partial charge < -0.3 is 5.11 Å². The molecule has 1 aliphatic rings. The van der Waals surface area contributed by atoms with E-state index < -0.39 is 11.5 Å². The molecule has 0 amide bonds. The highest BCUT2D eigenvalue weighted by Gasteiger charge is 2.35. The van der Waals surface area contributed by atoms with E-state index in [9.17, 15) is 4.79 Å². The van der Waals surface area contributed by atoms with Crippen molar-refractivity contribution in [3.8, 4) is 0 Å². The Kier molecular flexibility index (Phi) is 2.54. The lowest BCUT2D eigenvalue weighted by Crippen LogP contribution is -2.32. The molecule has 0 spiro atoms. The molecule has 16 heavy (non-hydrogen) atoms. The second kappa shape index (κ2) is 3.74. The van der Waals surface area contributed by atoms with E-state index in [0.29, 0.717) is 0 Å². The summed E-state index contributed by atoms with van der Waals surface area (Å²) in [5.41, 5.74) is -0.574. The Bertz CT molecular complexity index is 496. The number of carboxylic acids is 1. The van der Waals surface area contributed by atoms with Crippen LogP contribution < -0.4 is 10.6 Å². The molecule has 0 bridgehead atoms. The molecule has 0 aromatic heterocycles. The number of rotatable bonds is 3. The largest absolute Gasteiger partial charge is 0.481 e. The molecule has 3 nitrogen and oxygen atoms in total. The quantitative estimate of drug-likeness (QED) is 0.820. The van der Waals surface area contributed by atoms with Gasteiger partial charge in [0.25, 0.3) is 0 Å². The highest BCUT2D eigenvalue weighted by molar-refractivity contribution is 5.71. The second-order valence-electron chi connectivity index (χ2n) is 4.53. The molecule has 0 saturated carbocycles. The lowest BCUT2D eigenvalue weighted by molar-refractivity contribution is -0.138. The van der Waals surface area contributed by atoms with Crippen molar-refractivity contribution in [3.05, 3.63) is 34.8 Å². The molecule has 1 N–H and O–H groups in total. The molecule has 1 aromatic rings. The van der Waals surface area contributed by atoms with Crippen LogP contribution in [0.5, 0.6) is 0 Å². The maximum Gasteiger partial charge on any atom is 0.306 e. The van der Waals surface area contributed by atoms with E-state index >= 15 is 0 Å². The number of carbonyl (C=O) groups is 1. The van der Waals surface area contributed by atoms with Gasteiger partial charge in [-0.25, -0.2) is 0 Å². The summed E-state index contributed by atoms with van der Waals surface area (Å²) in [6, 6.07) is 7.78. The first-order chi connectivity index (χ1) is 7.53. The van der Waals surface area contributed by atoms with E-state index in [4.69, 9.17) is 5.11 Å². The third kappa shape index (κ3) is 1.73. The molecule has 0 radical (unpaired) electrons. The van der Waals surface area contributed by atoms with E-state index in [-0.39, 0.29) is 12.3 Å². The van der Waals surface area contributed by atoms with Crippen LogP contribution in [-0.4, -0.2) is 16.6 Å². The maximum absolute atomic E-state index is 10.9. The van der Waals surface area contributed by atoms with Crippen LogP contribution in [0.15, 0.2) is 29.3 Å². The van der Waals surface area contributed by atoms with Crippen LogP contribution in [0.3, 0.4) is 0 Å². The van der Waals surface area contributed by atoms with Crippen LogP contribution in [0, 0.1) is 5.92 Å². The normalized spacial score (nSPS) is 22.4. The number of para-hydroxylation sites is 1. The molecule has 3 heteroatoms. The van der Waals surface area contributed by atoms with Crippen molar-refractivity contribution in [2.75, 3.05) is 0 Å². The van der Waals surface area contributed by atoms with Gasteiger partial charge in [-0.3, -0.25) is 9.79 Å². The number of fused-ring (bicyclic) bond motifs is 1. The summed E-state index contributed by atoms with van der Waals surface area (Å²) in [5.74, 6) is -0.627. The third-order valence-electron chi connectivity index (χ3n) is 3.10. The Hall–Kier alpha value is -1.64. The zero-order valence-electron chi connectivity index (χ0n) is 9.47. The SMILES string of the molecule is CC(C)C1(CC(=O)O)C=c2ccccc2=N1. The number of aliphatic carboxylic acids is 1. The van der Waals surface area contributed by atoms with Gasteiger partial charge >= 0.3 is 5.97 Å². The Morgan fingerprint density at radius 2 is 2.12 bits per heavy atom. The van der Waals surface area contributed by atoms with Crippen molar-refractivity contribution in [3.63, 3.8) is 0 Å². The van der Waals surface area contributed by atoms with Crippen LogP contribution in [0.2, 0.25) is 0 Å². The molecule has 1 aromatic carbocycles. The van der Waals surface area contributed by atoms with Crippen molar-refractivity contribution in [1.29, 1.82) is 0 Å². The van der Waals surface area contributed by atoms with Gasteiger partial charge in [0.05, 0.1) is 17.3 Å². The standard InChI is InChI=1S/C13H15NO2/c1-9(2)13(8-12(15)16)7-10-5-3-4-6-11(10)14-13/h3-7,9H,8H2,1-2H3,(H,15,16). The summed E-state index contributed by atoms with van der Waals surface area (Å²) >= 11 is 0. The van der Waals surface area contributed by atoms with Crippen LogP contribution in [-0.2, 0) is 4.79 Å². The fourth-order valence-corrected chi connectivity index (χ4v) is 2.07. The monoisotopic (exact) mass is 217 g/mol. The minimum atomic E-state index is -0.804. The molecular weight excluding hydrogens is 202 g/mol. The smallest absolute Gasteiger partial charge is 0.306 e. The van der Waals surface area contributed by atoms with Crippen molar-refractivity contribution in [1.82, 2.24) is 0 Å². The summed E-state index contributed by atoms with van der Waals surface area (Å²) in [6.07, 6.45) is 2.04. The molecular formula is C13H15NO2. The zero-order chi connectivity index (χ0) is 11.8. The van der Waals surface area contributed by atoms with Crippen molar-refractivity contribution >= 4 is 12.0 Å². The van der Waals surface area contributed by atoms with Gasteiger partial charge in [0.2, 0.25) is 0 Å². The average Bonchev–Trinajstić information content (AvgIpc) is 2.55. The summed E-state index contributed by atoms with van der Waals surface area (Å²) in [6.45, 7) is 4.02. The third-order valence-corrected chi connectivity index (χ3v) is 3.10. The van der Waals surface area contributed by atoms with E-state index in [0.717, 1.165) is 10.6 Å². The minimum Gasteiger partial charge on any atom is -0.481 e. The Morgan fingerprint density at radius 1 is 1.44 bits per heavy atom. The molecule has 0 aliphatic carbocycles. The van der Waals surface area contributed by atoms with Crippen LogP contribution in [0.4, 0.5) is 0 Å². The molecule has 1 heterocycles. The predicted molar refractivity (Wildman–Crippen MR) is 61.5 cm³/mol. The number of hydrogen-bond acceptors (Lipinski definition) is 2. The van der Waals surface area contributed by atoms with E-state index in [2.05, 4.69) is 4.99 Å². The number of benzene rings is 1.